The lowest BCUT2D eigenvalue weighted by atomic mass is 10.2. The van der Waals surface area contributed by atoms with E-state index >= 15 is 0 Å². The predicted molar refractivity (Wildman–Crippen MR) is 71.5 cm³/mol. The molecule has 0 saturated carbocycles. The van der Waals surface area contributed by atoms with Gasteiger partial charge < -0.3 is 4.90 Å². The summed E-state index contributed by atoms with van der Waals surface area (Å²) in [6.07, 6.45) is 4.12. The number of aromatic nitrogens is 1. The molecule has 0 bridgehead atoms. The van der Waals surface area contributed by atoms with Crippen LogP contribution in [-0.2, 0) is 0 Å². The maximum atomic E-state index is 11.5. The minimum atomic E-state index is 0.0800. The number of nitrogens with zero attached hydrogens (tertiary/aromatic N) is 2. The number of pyridine rings is 1. The van der Waals surface area contributed by atoms with Crippen LogP contribution >= 0.6 is 0 Å². The lowest BCUT2D eigenvalue weighted by Gasteiger charge is -2.27. The minimum Gasteiger partial charge on any atom is -0.364 e. The van der Waals surface area contributed by atoms with Crippen LogP contribution in [0.5, 0.6) is 0 Å². The fourth-order valence-corrected chi connectivity index (χ4v) is 1.66. The summed E-state index contributed by atoms with van der Waals surface area (Å²) in [5.41, 5.74) is 1.56. The van der Waals surface area contributed by atoms with Crippen molar-refractivity contribution in [2.45, 2.75) is 33.2 Å². The first kappa shape index (κ1) is 13.4. The zero-order chi connectivity index (χ0) is 12.8. The number of carbonyl (C=O) groups is 1. The zero-order valence-corrected chi connectivity index (χ0v) is 10.8. The SMILES string of the molecule is C=CCN(c1ccc(C(=O)CC)nc1)C(C)C. The van der Waals surface area contributed by atoms with Crippen molar-refractivity contribution in [2.24, 2.45) is 0 Å². The van der Waals surface area contributed by atoms with Gasteiger partial charge in [-0.25, -0.2) is 0 Å². The summed E-state index contributed by atoms with van der Waals surface area (Å²) in [6, 6.07) is 4.11. The maximum absolute atomic E-state index is 11.5. The Morgan fingerprint density at radius 2 is 2.24 bits per heavy atom. The van der Waals surface area contributed by atoms with Crippen LogP contribution in [-0.4, -0.2) is 23.4 Å². The Balaban J connectivity index is 2.91. The van der Waals surface area contributed by atoms with Crippen molar-refractivity contribution in [3.05, 3.63) is 36.7 Å². The smallest absolute Gasteiger partial charge is 0.180 e. The Kier molecular flexibility index (Phi) is 4.88. The van der Waals surface area contributed by atoms with Gasteiger partial charge in [0.2, 0.25) is 0 Å². The van der Waals surface area contributed by atoms with E-state index in [9.17, 15) is 4.79 Å². The molecule has 92 valence electrons. The van der Waals surface area contributed by atoms with E-state index in [2.05, 4.69) is 30.3 Å². The third-order valence-electron chi connectivity index (χ3n) is 2.64. The van der Waals surface area contributed by atoms with Gasteiger partial charge in [-0.05, 0) is 26.0 Å². The van der Waals surface area contributed by atoms with Crippen LogP contribution in [0.15, 0.2) is 31.0 Å². The molecule has 0 N–H and O–H groups in total. The second kappa shape index (κ2) is 6.18. The van der Waals surface area contributed by atoms with E-state index in [1.54, 1.807) is 12.3 Å². The summed E-state index contributed by atoms with van der Waals surface area (Å²) in [5.74, 6) is 0.0800. The number of carbonyl (C=O) groups excluding carboxylic acids is 1. The molecule has 0 aliphatic carbocycles. The third-order valence-corrected chi connectivity index (χ3v) is 2.64. The molecule has 3 heteroatoms. The van der Waals surface area contributed by atoms with Gasteiger partial charge in [0.15, 0.2) is 5.78 Å². The first-order valence-electron chi connectivity index (χ1n) is 5.97. The monoisotopic (exact) mass is 232 g/mol. The number of anilines is 1. The highest BCUT2D eigenvalue weighted by Gasteiger charge is 2.10. The summed E-state index contributed by atoms with van der Waals surface area (Å²) < 4.78 is 0. The topological polar surface area (TPSA) is 33.2 Å². The molecule has 17 heavy (non-hydrogen) atoms. The Labute approximate surface area is 103 Å². The van der Waals surface area contributed by atoms with Gasteiger partial charge in [-0.1, -0.05) is 13.0 Å². The van der Waals surface area contributed by atoms with Crippen LogP contribution in [0.3, 0.4) is 0 Å². The van der Waals surface area contributed by atoms with Crippen molar-refractivity contribution >= 4 is 11.5 Å². The summed E-state index contributed by atoms with van der Waals surface area (Å²) in [7, 11) is 0. The van der Waals surface area contributed by atoms with Crippen LogP contribution < -0.4 is 4.90 Å². The molecular formula is C14H20N2O. The average Bonchev–Trinajstić information content (AvgIpc) is 2.35. The Morgan fingerprint density at radius 3 is 2.65 bits per heavy atom. The normalized spacial score (nSPS) is 10.4. The van der Waals surface area contributed by atoms with E-state index < -0.39 is 0 Å². The van der Waals surface area contributed by atoms with Gasteiger partial charge in [-0.15, -0.1) is 6.58 Å². The number of hydrogen-bond donors (Lipinski definition) is 0. The van der Waals surface area contributed by atoms with Crippen molar-refractivity contribution in [3.63, 3.8) is 0 Å². The van der Waals surface area contributed by atoms with E-state index in [4.69, 9.17) is 0 Å². The highest BCUT2D eigenvalue weighted by Crippen LogP contribution is 2.16. The molecule has 0 aromatic carbocycles. The first-order valence-corrected chi connectivity index (χ1v) is 5.97. The third kappa shape index (κ3) is 3.41. The molecule has 0 atom stereocenters. The molecule has 0 radical (unpaired) electrons. The van der Waals surface area contributed by atoms with Crippen molar-refractivity contribution in [3.8, 4) is 0 Å². The lowest BCUT2D eigenvalue weighted by Crippen LogP contribution is -2.30. The molecule has 1 heterocycles. The molecule has 0 aliphatic rings. The van der Waals surface area contributed by atoms with Gasteiger partial charge in [0.25, 0.3) is 0 Å². The van der Waals surface area contributed by atoms with Gasteiger partial charge in [0, 0.05) is 19.0 Å². The molecule has 0 aliphatic heterocycles. The van der Waals surface area contributed by atoms with Crippen molar-refractivity contribution in [2.75, 3.05) is 11.4 Å². The van der Waals surface area contributed by atoms with E-state index in [1.165, 1.54) is 0 Å². The number of ketones is 1. The fraction of sp³-hybridized carbons (Fsp3) is 0.429. The molecule has 1 rings (SSSR count). The van der Waals surface area contributed by atoms with E-state index in [0.29, 0.717) is 18.2 Å². The van der Waals surface area contributed by atoms with E-state index in [-0.39, 0.29) is 5.78 Å². The molecular weight excluding hydrogens is 212 g/mol. The fourth-order valence-electron chi connectivity index (χ4n) is 1.66. The highest BCUT2D eigenvalue weighted by atomic mass is 16.1. The summed E-state index contributed by atoms with van der Waals surface area (Å²) in [5, 5.41) is 0. The van der Waals surface area contributed by atoms with Crippen molar-refractivity contribution < 1.29 is 4.79 Å². The molecule has 1 aromatic rings. The zero-order valence-electron chi connectivity index (χ0n) is 10.8. The number of Topliss-reactive ketones (excluding diaryl/α,β-unsaturated/α-hetero) is 1. The van der Waals surface area contributed by atoms with Crippen molar-refractivity contribution in [1.82, 2.24) is 4.98 Å². The molecule has 0 fully saturated rings. The predicted octanol–water partition coefficient (Wildman–Crippen LogP) is 3.08. The lowest BCUT2D eigenvalue weighted by molar-refractivity contribution is 0.0983. The van der Waals surface area contributed by atoms with Gasteiger partial charge in [0.05, 0.1) is 11.9 Å². The molecule has 1 aromatic heterocycles. The van der Waals surface area contributed by atoms with E-state index in [0.717, 1.165) is 12.2 Å². The molecule has 0 unspecified atom stereocenters. The van der Waals surface area contributed by atoms with Crippen LogP contribution in [0.1, 0.15) is 37.7 Å². The Bertz CT molecular complexity index is 382. The second-order valence-electron chi connectivity index (χ2n) is 4.21. The molecule has 3 nitrogen and oxygen atoms in total. The standard InChI is InChI=1S/C14H20N2O/c1-5-9-16(11(3)4)12-7-8-13(15-10-12)14(17)6-2/h5,7-8,10-11H,1,6,9H2,2-4H3. The quantitative estimate of drug-likeness (QED) is 0.558. The second-order valence-corrected chi connectivity index (χ2v) is 4.21. The summed E-state index contributed by atoms with van der Waals surface area (Å²) in [4.78, 5) is 17.9. The largest absolute Gasteiger partial charge is 0.364 e. The molecule has 0 spiro atoms. The van der Waals surface area contributed by atoms with Gasteiger partial charge in [-0.3, -0.25) is 9.78 Å². The van der Waals surface area contributed by atoms with E-state index in [1.807, 2.05) is 19.1 Å². The van der Waals surface area contributed by atoms with Gasteiger partial charge >= 0.3 is 0 Å². The van der Waals surface area contributed by atoms with Gasteiger partial charge in [0.1, 0.15) is 5.69 Å². The van der Waals surface area contributed by atoms with Crippen molar-refractivity contribution in [1.29, 1.82) is 0 Å². The van der Waals surface area contributed by atoms with Crippen LogP contribution in [0.2, 0.25) is 0 Å². The summed E-state index contributed by atoms with van der Waals surface area (Å²) in [6.45, 7) is 10.6. The Morgan fingerprint density at radius 1 is 1.53 bits per heavy atom. The molecule has 0 saturated heterocycles. The summed E-state index contributed by atoms with van der Waals surface area (Å²) >= 11 is 0. The highest BCUT2D eigenvalue weighted by molar-refractivity contribution is 5.94. The van der Waals surface area contributed by atoms with Gasteiger partial charge in [-0.2, -0.15) is 0 Å². The molecule has 0 amide bonds. The number of hydrogen-bond acceptors (Lipinski definition) is 3. The average molecular weight is 232 g/mol. The number of rotatable bonds is 6. The van der Waals surface area contributed by atoms with Crippen LogP contribution in [0, 0.1) is 0 Å². The minimum absolute atomic E-state index is 0.0800. The maximum Gasteiger partial charge on any atom is 0.180 e. The Hall–Kier alpha value is -1.64. The van der Waals surface area contributed by atoms with Crippen LogP contribution in [0.4, 0.5) is 5.69 Å². The first-order chi connectivity index (χ1) is 8.10. The van der Waals surface area contributed by atoms with Crippen LogP contribution in [0.25, 0.3) is 0 Å².